The number of aliphatic hydroxyl groups excluding tert-OH is 1. The number of carbonyl (C=O) groups excluding carboxylic acids is 1. The maximum absolute atomic E-state index is 12.0. The second kappa shape index (κ2) is 7.36. The Morgan fingerprint density at radius 3 is 2.58 bits per heavy atom. The van der Waals surface area contributed by atoms with Gasteiger partial charge in [0.15, 0.2) is 0 Å². The van der Waals surface area contributed by atoms with Crippen LogP contribution in [0.15, 0.2) is 18.2 Å². The molecule has 4 nitrogen and oxygen atoms in total. The van der Waals surface area contributed by atoms with Crippen LogP contribution in [-0.2, 0) is 0 Å². The lowest BCUT2D eigenvalue weighted by Crippen LogP contribution is -2.36. The van der Waals surface area contributed by atoms with E-state index >= 15 is 0 Å². The maximum atomic E-state index is 12.0. The number of hydrogen-bond acceptors (Lipinski definition) is 3. The second-order valence-electron chi connectivity index (χ2n) is 4.56. The first-order chi connectivity index (χ1) is 9.01. The number of halogens is 1. The summed E-state index contributed by atoms with van der Waals surface area (Å²) in [6.07, 6.45) is 1.20. The van der Waals surface area contributed by atoms with E-state index in [-0.39, 0.29) is 23.9 Å². The third kappa shape index (κ3) is 4.11. The van der Waals surface area contributed by atoms with Gasteiger partial charge in [-0.2, -0.15) is 0 Å². The number of hydrogen-bond donors (Lipinski definition) is 3. The van der Waals surface area contributed by atoms with Gasteiger partial charge in [-0.1, -0.05) is 44.4 Å². The lowest BCUT2D eigenvalue weighted by molar-refractivity contribution is 0.0817. The Hall–Kier alpha value is -1.26. The van der Waals surface area contributed by atoms with Crippen LogP contribution in [0.25, 0.3) is 0 Å². The van der Waals surface area contributed by atoms with Gasteiger partial charge in [0.25, 0.3) is 5.91 Å². The fourth-order valence-corrected chi connectivity index (χ4v) is 2.33. The summed E-state index contributed by atoms with van der Waals surface area (Å²) in [7, 11) is 0. The molecule has 0 spiro atoms. The van der Waals surface area contributed by atoms with Crippen molar-refractivity contribution in [1.29, 1.82) is 0 Å². The molecule has 0 aliphatic carbocycles. The van der Waals surface area contributed by atoms with Gasteiger partial charge in [0.2, 0.25) is 0 Å². The molecule has 0 radical (unpaired) electrons. The van der Waals surface area contributed by atoms with Crippen LogP contribution in [0.1, 0.15) is 37.0 Å². The average molecular weight is 285 g/mol. The molecule has 1 atom stereocenters. The molecule has 0 aliphatic heterocycles. The van der Waals surface area contributed by atoms with Crippen LogP contribution in [0.4, 0.5) is 5.69 Å². The number of benzene rings is 1. The second-order valence-corrected chi connectivity index (χ2v) is 4.97. The normalized spacial score (nSPS) is 12.5. The highest BCUT2D eigenvalue weighted by Crippen LogP contribution is 2.21. The third-order valence-electron chi connectivity index (χ3n) is 3.34. The highest BCUT2D eigenvalue weighted by atomic mass is 35.5. The fourth-order valence-electron chi connectivity index (χ4n) is 2.07. The number of amides is 1. The van der Waals surface area contributed by atoms with E-state index in [1.54, 1.807) is 18.2 Å². The molecular formula is C14H21ClN2O2. The minimum atomic E-state index is -0.553. The van der Waals surface area contributed by atoms with Crippen LogP contribution in [-0.4, -0.2) is 23.7 Å². The van der Waals surface area contributed by atoms with E-state index in [1.165, 1.54) is 0 Å². The van der Waals surface area contributed by atoms with Crippen molar-refractivity contribution >= 4 is 23.2 Å². The number of aliphatic hydroxyl groups is 1. The van der Waals surface area contributed by atoms with Crippen molar-refractivity contribution in [2.24, 2.45) is 5.92 Å². The number of anilines is 1. The summed E-state index contributed by atoms with van der Waals surface area (Å²) < 4.78 is 0. The summed E-state index contributed by atoms with van der Waals surface area (Å²) in [5.41, 5.74) is 6.33. The molecule has 19 heavy (non-hydrogen) atoms. The number of nitrogens with one attached hydrogen (secondary N) is 1. The predicted octanol–water partition coefficient (Wildman–Crippen LogP) is 2.45. The first kappa shape index (κ1) is 15.8. The Labute approximate surface area is 118 Å². The molecule has 106 valence electrons. The van der Waals surface area contributed by atoms with Crippen LogP contribution in [0.3, 0.4) is 0 Å². The molecule has 0 saturated carbocycles. The summed E-state index contributed by atoms with van der Waals surface area (Å²) in [5.74, 6) is -0.169. The monoisotopic (exact) mass is 284 g/mol. The molecule has 0 heterocycles. The quantitative estimate of drug-likeness (QED) is 0.702. The van der Waals surface area contributed by atoms with Crippen LogP contribution in [0, 0.1) is 5.92 Å². The zero-order valence-electron chi connectivity index (χ0n) is 11.3. The summed E-state index contributed by atoms with van der Waals surface area (Å²) in [5, 5.41) is 13.0. The smallest absolute Gasteiger partial charge is 0.254 e. The van der Waals surface area contributed by atoms with Gasteiger partial charge in [0, 0.05) is 12.2 Å². The van der Waals surface area contributed by atoms with E-state index in [2.05, 4.69) is 5.32 Å². The molecular weight excluding hydrogens is 264 g/mol. The average Bonchev–Trinajstić information content (AvgIpc) is 2.37. The van der Waals surface area contributed by atoms with Crippen molar-refractivity contribution in [3.05, 3.63) is 28.8 Å². The minimum absolute atomic E-state index is 0.184. The van der Waals surface area contributed by atoms with Crippen LogP contribution >= 0.6 is 11.6 Å². The molecule has 0 fully saturated rings. The number of nitrogens with two attached hydrogens (primary N) is 1. The Kier molecular flexibility index (Phi) is 6.12. The van der Waals surface area contributed by atoms with Gasteiger partial charge in [-0.25, -0.2) is 0 Å². The first-order valence-electron chi connectivity index (χ1n) is 6.51. The Morgan fingerprint density at radius 1 is 1.42 bits per heavy atom. The van der Waals surface area contributed by atoms with E-state index in [9.17, 15) is 9.90 Å². The third-order valence-corrected chi connectivity index (χ3v) is 3.65. The van der Waals surface area contributed by atoms with Crippen LogP contribution in [0.5, 0.6) is 0 Å². The number of rotatable bonds is 6. The standard InChI is InChI=1S/C14H21ClN2O2/c1-3-9(4-2)12(18)8-17-14(19)13-10(15)6-5-7-11(13)16/h5-7,9,12,18H,3-4,8,16H2,1-2H3,(H,17,19). The van der Waals surface area contributed by atoms with Crippen molar-refractivity contribution in [3.63, 3.8) is 0 Å². The van der Waals surface area contributed by atoms with E-state index in [0.29, 0.717) is 10.7 Å². The number of nitrogen functional groups attached to an aromatic ring is 1. The highest BCUT2D eigenvalue weighted by molar-refractivity contribution is 6.34. The van der Waals surface area contributed by atoms with Crippen molar-refractivity contribution in [3.8, 4) is 0 Å². The van der Waals surface area contributed by atoms with E-state index in [0.717, 1.165) is 12.8 Å². The number of carbonyl (C=O) groups is 1. The molecule has 0 aromatic heterocycles. The molecule has 1 aromatic carbocycles. The molecule has 1 amide bonds. The first-order valence-corrected chi connectivity index (χ1v) is 6.89. The van der Waals surface area contributed by atoms with Gasteiger partial charge in [0.05, 0.1) is 16.7 Å². The predicted molar refractivity (Wildman–Crippen MR) is 78.3 cm³/mol. The topological polar surface area (TPSA) is 75.3 Å². The molecule has 1 aromatic rings. The molecule has 0 bridgehead atoms. The lowest BCUT2D eigenvalue weighted by Gasteiger charge is -2.20. The molecule has 1 rings (SSSR count). The molecule has 0 aliphatic rings. The van der Waals surface area contributed by atoms with Gasteiger partial charge in [-0.15, -0.1) is 0 Å². The Balaban J connectivity index is 2.66. The highest BCUT2D eigenvalue weighted by Gasteiger charge is 2.18. The van der Waals surface area contributed by atoms with Gasteiger partial charge in [0.1, 0.15) is 0 Å². The summed E-state index contributed by atoms with van der Waals surface area (Å²) in [6, 6.07) is 4.93. The van der Waals surface area contributed by atoms with Crippen molar-refractivity contribution < 1.29 is 9.90 Å². The molecule has 1 unspecified atom stereocenters. The zero-order chi connectivity index (χ0) is 14.4. The SMILES string of the molecule is CCC(CC)C(O)CNC(=O)c1c(N)cccc1Cl. The lowest BCUT2D eigenvalue weighted by atomic mass is 9.96. The summed E-state index contributed by atoms with van der Waals surface area (Å²) >= 11 is 5.95. The van der Waals surface area contributed by atoms with Crippen molar-refractivity contribution in [2.75, 3.05) is 12.3 Å². The van der Waals surface area contributed by atoms with Crippen LogP contribution < -0.4 is 11.1 Å². The van der Waals surface area contributed by atoms with E-state index in [1.807, 2.05) is 13.8 Å². The summed E-state index contributed by atoms with van der Waals surface area (Å²) in [6.45, 7) is 4.24. The van der Waals surface area contributed by atoms with E-state index in [4.69, 9.17) is 17.3 Å². The van der Waals surface area contributed by atoms with Crippen molar-refractivity contribution in [2.45, 2.75) is 32.8 Å². The maximum Gasteiger partial charge on any atom is 0.254 e. The van der Waals surface area contributed by atoms with Gasteiger partial charge >= 0.3 is 0 Å². The zero-order valence-corrected chi connectivity index (χ0v) is 12.1. The van der Waals surface area contributed by atoms with Crippen molar-refractivity contribution in [1.82, 2.24) is 5.32 Å². The molecule has 4 N–H and O–H groups in total. The van der Waals surface area contributed by atoms with Gasteiger partial charge in [-0.3, -0.25) is 4.79 Å². The van der Waals surface area contributed by atoms with Gasteiger partial charge in [-0.05, 0) is 18.1 Å². The summed E-state index contributed by atoms with van der Waals surface area (Å²) in [4.78, 5) is 12.0. The Morgan fingerprint density at radius 2 is 2.05 bits per heavy atom. The molecule has 0 saturated heterocycles. The van der Waals surface area contributed by atoms with Gasteiger partial charge < -0.3 is 16.2 Å². The van der Waals surface area contributed by atoms with E-state index < -0.39 is 6.10 Å². The minimum Gasteiger partial charge on any atom is -0.398 e. The largest absolute Gasteiger partial charge is 0.398 e. The molecule has 5 heteroatoms. The fraction of sp³-hybridized carbons (Fsp3) is 0.500. The Bertz CT molecular complexity index is 413. The van der Waals surface area contributed by atoms with Crippen LogP contribution in [0.2, 0.25) is 5.02 Å².